The quantitative estimate of drug-likeness (QED) is 0.659. The van der Waals surface area contributed by atoms with Gasteiger partial charge in [-0.2, -0.15) is 18.2 Å². The van der Waals surface area contributed by atoms with Crippen LogP contribution in [0.2, 0.25) is 5.02 Å². The Bertz CT molecular complexity index is 665. The van der Waals surface area contributed by atoms with E-state index < -0.39 is 11.9 Å². The van der Waals surface area contributed by atoms with Gasteiger partial charge in [0.15, 0.2) is 5.69 Å². The summed E-state index contributed by atoms with van der Waals surface area (Å²) in [7, 11) is 0. The summed E-state index contributed by atoms with van der Waals surface area (Å²) in [5, 5.41) is 14.8. The molecule has 2 rings (SSSR count). The fourth-order valence-corrected chi connectivity index (χ4v) is 1.96. The maximum atomic E-state index is 12.9. The van der Waals surface area contributed by atoms with Crippen molar-refractivity contribution in [1.82, 2.24) is 9.97 Å². The summed E-state index contributed by atoms with van der Waals surface area (Å²) in [6, 6.07) is 7.78. The predicted molar refractivity (Wildman–Crippen MR) is 86.0 cm³/mol. The van der Waals surface area contributed by atoms with Crippen LogP contribution in [0.25, 0.3) is 0 Å². The van der Waals surface area contributed by atoms with Crippen molar-refractivity contribution in [1.29, 1.82) is 0 Å². The lowest BCUT2D eigenvalue weighted by Gasteiger charge is -2.12. The molecule has 0 saturated heterocycles. The lowest BCUT2D eigenvalue weighted by atomic mass is 10.2. The topological polar surface area (TPSA) is 70.1 Å². The van der Waals surface area contributed by atoms with Gasteiger partial charge in [0.1, 0.15) is 5.82 Å². The second kappa shape index (κ2) is 8.16. The Labute approximate surface area is 141 Å². The monoisotopic (exact) mass is 360 g/mol. The second-order valence-electron chi connectivity index (χ2n) is 4.94. The summed E-state index contributed by atoms with van der Waals surface area (Å²) in [4.78, 5) is 7.47. The number of halogens is 4. The molecule has 0 radical (unpaired) electrons. The Kier molecular flexibility index (Phi) is 6.22. The number of aromatic nitrogens is 2. The summed E-state index contributed by atoms with van der Waals surface area (Å²) in [6.07, 6.45) is -4.19. The van der Waals surface area contributed by atoms with Gasteiger partial charge in [0.25, 0.3) is 0 Å². The molecule has 1 aromatic heterocycles. The van der Waals surface area contributed by atoms with Crippen LogP contribution in [-0.4, -0.2) is 28.2 Å². The molecular weight excluding hydrogens is 345 g/mol. The van der Waals surface area contributed by atoms with Crippen molar-refractivity contribution in [3.8, 4) is 0 Å². The Hall–Kier alpha value is -2.06. The average Bonchev–Trinajstić information content (AvgIpc) is 2.54. The number of anilines is 2. The van der Waals surface area contributed by atoms with Crippen molar-refractivity contribution < 1.29 is 18.3 Å². The van der Waals surface area contributed by atoms with Crippen LogP contribution in [0.15, 0.2) is 30.3 Å². The molecule has 5 nitrogen and oxygen atoms in total. The first-order valence-electron chi connectivity index (χ1n) is 7.18. The molecule has 9 heteroatoms. The minimum Gasteiger partial charge on any atom is -0.396 e. The summed E-state index contributed by atoms with van der Waals surface area (Å²) in [5.74, 6) is -0.0874. The van der Waals surface area contributed by atoms with E-state index in [4.69, 9.17) is 16.7 Å². The summed E-state index contributed by atoms with van der Waals surface area (Å²) in [5.41, 5.74) is -0.191. The highest BCUT2D eigenvalue weighted by Gasteiger charge is 2.33. The molecule has 3 N–H and O–H groups in total. The van der Waals surface area contributed by atoms with Gasteiger partial charge in [0.2, 0.25) is 5.95 Å². The zero-order chi connectivity index (χ0) is 17.6. The van der Waals surface area contributed by atoms with E-state index in [9.17, 15) is 13.2 Å². The lowest BCUT2D eigenvalue weighted by molar-refractivity contribution is -0.141. The van der Waals surface area contributed by atoms with Gasteiger partial charge in [-0.3, -0.25) is 0 Å². The Morgan fingerprint density at radius 1 is 1.08 bits per heavy atom. The number of benzene rings is 1. The number of nitrogens with one attached hydrogen (secondary N) is 2. The van der Waals surface area contributed by atoms with E-state index in [0.29, 0.717) is 18.0 Å². The van der Waals surface area contributed by atoms with E-state index >= 15 is 0 Å². The maximum Gasteiger partial charge on any atom is 0.433 e. The molecule has 0 amide bonds. The molecule has 0 unspecified atom stereocenters. The lowest BCUT2D eigenvalue weighted by Crippen LogP contribution is -2.15. The normalized spacial score (nSPS) is 11.4. The zero-order valence-corrected chi connectivity index (χ0v) is 13.3. The number of aliphatic hydroxyl groups is 1. The molecular formula is C15H16ClF3N4O. The molecule has 0 aliphatic carbocycles. The molecule has 2 aromatic rings. The molecule has 0 saturated carbocycles. The molecule has 0 atom stereocenters. The van der Waals surface area contributed by atoms with Crippen LogP contribution in [0.1, 0.15) is 17.7 Å². The molecule has 0 aliphatic heterocycles. The third-order valence-electron chi connectivity index (χ3n) is 3.02. The Balaban J connectivity index is 2.14. The fraction of sp³-hybridized carbons (Fsp3) is 0.333. The SMILES string of the molecule is OCCCNc1nc(NCc2ccc(Cl)cc2)cc(C(F)(F)F)n1. The van der Waals surface area contributed by atoms with Crippen molar-refractivity contribution in [3.05, 3.63) is 46.6 Å². The molecule has 0 fully saturated rings. The summed E-state index contributed by atoms with van der Waals surface area (Å²) >= 11 is 5.79. The van der Waals surface area contributed by atoms with Crippen LogP contribution < -0.4 is 10.6 Å². The van der Waals surface area contributed by atoms with Crippen molar-refractivity contribution in [3.63, 3.8) is 0 Å². The van der Waals surface area contributed by atoms with Gasteiger partial charge in [0, 0.05) is 30.8 Å². The van der Waals surface area contributed by atoms with Gasteiger partial charge in [-0.25, -0.2) is 4.98 Å². The van der Waals surface area contributed by atoms with Gasteiger partial charge in [-0.15, -0.1) is 0 Å². The minimum absolute atomic E-state index is 0.0544. The van der Waals surface area contributed by atoms with Crippen LogP contribution in [0.3, 0.4) is 0 Å². The highest BCUT2D eigenvalue weighted by atomic mass is 35.5. The second-order valence-corrected chi connectivity index (χ2v) is 5.38. The van der Waals surface area contributed by atoms with E-state index in [2.05, 4.69) is 20.6 Å². The van der Waals surface area contributed by atoms with Crippen molar-refractivity contribution in [2.24, 2.45) is 0 Å². The highest BCUT2D eigenvalue weighted by molar-refractivity contribution is 6.30. The standard InChI is InChI=1S/C15H16ClF3N4O/c16-11-4-2-10(3-5-11)9-21-13-8-12(15(17,18)19)22-14(23-13)20-6-1-7-24/h2-5,8,24H,1,6-7,9H2,(H2,20,21,22,23). The van der Waals surface area contributed by atoms with E-state index in [-0.39, 0.29) is 24.9 Å². The van der Waals surface area contributed by atoms with Crippen LogP contribution in [0.5, 0.6) is 0 Å². The van der Waals surface area contributed by atoms with E-state index in [1.54, 1.807) is 24.3 Å². The Morgan fingerprint density at radius 2 is 1.79 bits per heavy atom. The third kappa shape index (κ3) is 5.54. The first-order valence-corrected chi connectivity index (χ1v) is 7.55. The first kappa shape index (κ1) is 18.3. The van der Waals surface area contributed by atoms with Crippen molar-refractivity contribution in [2.75, 3.05) is 23.8 Å². The predicted octanol–water partition coefficient (Wildman–Crippen LogP) is 3.56. The van der Waals surface area contributed by atoms with Gasteiger partial charge in [-0.05, 0) is 24.1 Å². The van der Waals surface area contributed by atoms with Crippen LogP contribution in [-0.2, 0) is 12.7 Å². The third-order valence-corrected chi connectivity index (χ3v) is 3.27. The molecule has 130 valence electrons. The summed E-state index contributed by atoms with van der Waals surface area (Å²) < 4.78 is 38.8. The van der Waals surface area contributed by atoms with Crippen molar-refractivity contribution in [2.45, 2.75) is 19.1 Å². The molecule has 1 heterocycles. The van der Waals surface area contributed by atoms with E-state index in [1.165, 1.54) is 0 Å². The molecule has 1 aromatic carbocycles. The summed E-state index contributed by atoms with van der Waals surface area (Å²) in [6.45, 7) is 0.490. The van der Waals surface area contributed by atoms with Gasteiger partial charge < -0.3 is 15.7 Å². The number of aliphatic hydroxyl groups excluding tert-OH is 1. The molecule has 0 bridgehead atoms. The number of nitrogens with zero attached hydrogens (tertiary/aromatic N) is 2. The molecule has 24 heavy (non-hydrogen) atoms. The fourth-order valence-electron chi connectivity index (χ4n) is 1.84. The van der Waals surface area contributed by atoms with Crippen molar-refractivity contribution >= 4 is 23.4 Å². The van der Waals surface area contributed by atoms with Gasteiger partial charge in [-0.1, -0.05) is 23.7 Å². The minimum atomic E-state index is -4.58. The number of rotatable bonds is 7. The van der Waals surface area contributed by atoms with Crippen LogP contribution in [0.4, 0.5) is 24.9 Å². The van der Waals surface area contributed by atoms with Crippen LogP contribution in [0, 0.1) is 0 Å². The van der Waals surface area contributed by atoms with Crippen LogP contribution >= 0.6 is 11.6 Å². The average molecular weight is 361 g/mol. The maximum absolute atomic E-state index is 12.9. The largest absolute Gasteiger partial charge is 0.433 e. The van der Waals surface area contributed by atoms with E-state index in [1.807, 2.05) is 0 Å². The molecule has 0 spiro atoms. The molecule has 0 aliphatic rings. The highest BCUT2D eigenvalue weighted by Crippen LogP contribution is 2.29. The zero-order valence-electron chi connectivity index (χ0n) is 12.6. The number of alkyl halides is 3. The number of hydrogen-bond acceptors (Lipinski definition) is 5. The van der Waals surface area contributed by atoms with Gasteiger partial charge in [0.05, 0.1) is 0 Å². The Morgan fingerprint density at radius 3 is 2.42 bits per heavy atom. The first-order chi connectivity index (χ1) is 11.4. The number of hydrogen-bond donors (Lipinski definition) is 3. The smallest absolute Gasteiger partial charge is 0.396 e. The van der Waals surface area contributed by atoms with Gasteiger partial charge >= 0.3 is 6.18 Å². The van der Waals surface area contributed by atoms with E-state index in [0.717, 1.165) is 11.6 Å².